The lowest BCUT2D eigenvalue weighted by Gasteiger charge is -2.21. The van der Waals surface area contributed by atoms with E-state index in [0.717, 1.165) is 16.7 Å². The van der Waals surface area contributed by atoms with Crippen LogP contribution in [0.2, 0.25) is 0 Å². The van der Waals surface area contributed by atoms with Gasteiger partial charge in [0.1, 0.15) is 6.54 Å². The molecule has 0 heterocycles. The van der Waals surface area contributed by atoms with Gasteiger partial charge in [0.2, 0.25) is 0 Å². The van der Waals surface area contributed by atoms with Crippen LogP contribution in [-0.2, 0) is 11.3 Å². The van der Waals surface area contributed by atoms with Crippen molar-refractivity contribution < 1.29 is 14.7 Å². The van der Waals surface area contributed by atoms with E-state index in [1.54, 1.807) is 30.3 Å². The molecule has 3 rings (SSSR count). The lowest BCUT2D eigenvalue weighted by Crippen LogP contribution is -2.35. The summed E-state index contributed by atoms with van der Waals surface area (Å²) in [6.45, 7) is -0.109. The Bertz CT molecular complexity index is 937. The molecule has 3 N–H and O–H groups in total. The highest BCUT2D eigenvalue weighted by Crippen LogP contribution is 2.24. The lowest BCUT2D eigenvalue weighted by atomic mass is 10.0. The first-order valence-corrected chi connectivity index (χ1v) is 8.56. The first-order chi connectivity index (χ1) is 13.1. The van der Waals surface area contributed by atoms with Crippen LogP contribution in [0.25, 0.3) is 11.1 Å². The average molecular weight is 360 g/mol. The van der Waals surface area contributed by atoms with E-state index in [9.17, 15) is 14.7 Å². The third-order valence-electron chi connectivity index (χ3n) is 4.23. The zero-order valence-electron chi connectivity index (χ0n) is 14.7. The highest BCUT2D eigenvalue weighted by atomic mass is 16.4. The molecule has 0 spiro atoms. The zero-order chi connectivity index (χ0) is 19.2. The minimum absolute atomic E-state index is 0.311. The summed E-state index contributed by atoms with van der Waals surface area (Å²) in [5.74, 6) is -1.45. The first-order valence-electron chi connectivity index (χ1n) is 8.56. The molecule has 0 fully saturated rings. The Morgan fingerprint density at radius 2 is 1.52 bits per heavy atom. The second-order valence-electron chi connectivity index (χ2n) is 6.10. The summed E-state index contributed by atoms with van der Waals surface area (Å²) < 4.78 is 0. The van der Waals surface area contributed by atoms with Gasteiger partial charge in [-0.05, 0) is 41.0 Å². The normalized spacial score (nSPS) is 10.4. The summed E-state index contributed by atoms with van der Waals surface area (Å²) in [6, 6.07) is 24.0. The van der Waals surface area contributed by atoms with Gasteiger partial charge in [0.15, 0.2) is 0 Å². The van der Waals surface area contributed by atoms with E-state index in [1.165, 1.54) is 4.90 Å². The third-order valence-corrected chi connectivity index (χ3v) is 4.23. The van der Waals surface area contributed by atoms with Crippen molar-refractivity contribution in [3.05, 3.63) is 90.0 Å². The summed E-state index contributed by atoms with van der Waals surface area (Å²) in [5.41, 5.74) is 9.44. The summed E-state index contributed by atoms with van der Waals surface area (Å²) >= 11 is 0. The van der Waals surface area contributed by atoms with Crippen molar-refractivity contribution in [2.75, 3.05) is 11.4 Å². The van der Waals surface area contributed by atoms with Gasteiger partial charge < -0.3 is 10.8 Å². The summed E-state index contributed by atoms with van der Waals surface area (Å²) in [7, 11) is 0. The van der Waals surface area contributed by atoms with Crippen LogP contribution in [0.4, 0.5) is 5.69 Å². The number of rotatable bonds is 6. The van der Waals surface area contributed by atoms with Crippen molar-refractivity contribution in [2.24, 2.45) is 5.73 Å². The third kappa shape index (κ3) is 4.40. The first kappa shape index (κ1) is 18.4. The maximum atomic E-state index is 12.9. The molecule has 0 aliphatic carbocycles. The predicted octanol–water partition coefficient (Wildman–Crippen LogP) is 3.54. The molecule has 0 aliphatic rings. The summed E-state index contributed by atoms with van der Waals surface area (Å²) in [5, 5.41) is 9.26. The van der Waals surface area contributed by atoms with Crippen LogP contribution in [-0.4, -0.2) is 23.5 Å². The van der Waals surface area contributed by atoms with Gasteiger partial charge in [-0.3, -0.25) is 14.5 Å². The molecular formula is C22H20N2O3. The van der Waals surface area contributed by atoms with Gasteiger partial charge >= 0.3 is 5.97 Å². The van der Waals surface area contributed by atoms with Crippen LogP contribution in [0.5, 0.6) is 0 Å². The number of benzene rings is 3. The molecule has 0 saturated heterocycles. The number of nitrogens with zero attached hydrogens (tertiary/aromatic N) is 1. The Hall–Kier alpha value is -3.44. The molecule has 0 unspecified atom stereocenters. The van der Waals surface area contributed by atoms with E-state index in [4.69, 9.17) is 5.73 Å². The van der Waals surface area contributed by atoms with Crippen molar-refractivity contribution in [3.8, 4) is 11.1 Å². The van der Waals surface area contributed by atoms with Crippen LogP contribution in [0.15, 0.2) is 78.9 Å². The highest BCUT2D eigenvalue weighted by molar-refractivity contribution is 6.08. The molecule has 5 nitrogen and oxygen atoms in total. The van der Waals surface area contributed by atoms with Crippen molar-refractivity contribution in [3.63, 3.8) is 0 Å². The molecule has 0 atom stereocenters. The minimum Gasteiger partial charge on any atom is -0.480 e. The van der Waals surface area contributed by atoms with Crippen molar-refractivity contribution in [2.45, 2.75) is 6.54 Å². The maximum absolute atomic E-state index is 12.9. The number of carboxylic acid groups (broad SMARTS) is 1. The number of hydrogen-bond donors (Lipinski definition) is 2. The molecule has 3 aromatic carbocycles. The average Bonchev–Trinajstić information content (AvgIpc) is 2.72. The number of hydrogen-bond acceptors (Lipinski definition) is 3. The van der Waals surface area contributed by atoms with Crippen molar-refractivity contribution in [1.82, 2.24) is 0 Å². The summed E-state index contributed by atoms with van der Waals surface area (Å²) in [4.78, 5) is 25.5. The molecule has 0 aliphatic heterocycles. The van der Waals surface area contributed by atoms with Crippen molar-refractivity contribution in [1.29, 1.82) is 0 Å². The molecule has 27 heavy (non-hydrogen) atoms. The van der Waals surface area contributed by atoms with Gasteiger partial charge in [0, 0.05) is 17.8 Å². The second-order valence-corrected chi connectivity index (χ2v) is 6.10. The van der Waals surface area contributed by atoms with E-state index in [2.05, 4.69) is 0 Å². The second kappa shape index (κ2) is 8.29. The number of aliphatic carboxylic acids is 1. The monoisotopic (exact) mass is 360 g/mol. The van der Waals surface area contributed by atoms with Gasteiger partial charge in [-0.2, -0.15) is 0 Å². The number of carbonyl (C=O) groups excluding carboxylic acids is 1. The molecule has 0 bridgehead atoms. The van der Waals surface area contributed by atoms with E-state index in [1.807, 2.05) is 48.5 Å². The number of nitrogens with two attached hydrogens (primary N) is 1. The van der Waals surface area contributed by atoms with Gasteiger partial charge in [-0.1, -0.05) is 54.6 Å². The fraction of sp³-hybridized carbons (Fsp3) is 0.0909. The fourth-order valence-corrected chi connectivity index (χ4v) is 2.87. The van der Waals surface area contributed by atoms with Crippen LogP contribution in [0.3, 0.4) is 0 Å². The molecule has 0 saturated carbocycles. The Labute approximate surface area is 157 Å². The smallest absolute Gasteiger partial charge is 0.323 e. The minimum atomic E-state index is -1.08. The maximum Gasteiger partial charge on any atom is 0.323 e. The van der Waals surface area contributed by atoms with Crippen LogP contribution < -0.4 is 10.6 Å². The summed E-state index contributed by atoms with van der Waals surface area (Å²) in [6.07, 6.45) is 0. The van der Waals surface area contributed by atoms with Gasteiger partial charge in [-0.15, -0.1) is 0 Å². The quantitative estimate of drug-likeness (QED) is 0.704. The van der Waals surface area contributed by atoms with E-state index in [-0.39, 0.29) is 5.91 Å². The molecule has 0 radical (unpaired) electrons. The van der Waals surface area contributed by atoms with Gasteiger partial charge in [-0.25, -0.2) is 0 Å². The zero-order valence-corrected chi connectivity index (χ0v) is 14.7. The number of carbonyl (C=O) groups is 2. The molecule has 136 valence electrons. The van der Waals surface area contributed by atoms with Crippen LogP contribution in [0.1, 0.15) is 15.9 Å². The standard InChI is InChI=1S/C22H20N2O3/c23-14-16-5-4-8-19(13-16)22(27)24(15-21(25)26)20-11-9-18(10-12-20)17-6-2-1-3-7-17/h1-13H,14-15,23H2,(H,25,26). The SMILES string of the molecule is NCc1cccc(C(=O)N(CC(=O)O)c2ccc(-c3ccccc3)cc2)c1. The van der Waals surface area contributed by atoms with E-state index >= 15 is 0 Å². The van der Waals surface area contributed by atoms with Gasteiger partial charge in [0.05, 0.1) is 0 Å². The Kier molecular flexibility index (Phi) is 5.64. The number of carboxylic acids is 1. The Balaban J connectivity index is 1.92. The lowest BCUT2D eigenvalue weighted by molar-refractivity contribution is -0.135. The van der Waals surface area contributed by atoms with E-state index in [0.29, 0.717) is 17.8 Å². The fourth-order valence-electron chi connectivity index (χ4n) is 2.87. The number of amides is 1. The molecule has 5 heteroatoms. The molecule has 3 aromatic rings. The largest absolute Gasteiger partial charge is 0.480 e. The van der Waals surface area contributed by atoms with Crippen molar-refractivity contribution >= 4 is 17.6 Å². The molecule has 0 aromatic heterocycles. The molecular weight excluding hydrogens is 340 g/mol. The Morgan fingerprint density at radius 1 is 0.852 bits per heavy atom. The number of anilines is 1. The van der Waals surface area contributed by atoms with Gasteiger partial charge in [0.25, 0.3) is 5.91 Å². The Morgan fingerprint density at radius 3 is 2.15 bits per heavy atom. The van der Waals surface area contributed by atoms with E-state index < -0.39 is 12.5 Å². The highest BCUT2D eigenvalue weighted by Gasteiger charge is 2.20. The predicted molar refractivity (Wildman–Crippen MR) is 106 cm³/mol. The molecule has 1 amide bonds. The van der Waals surface area contributed by atoms with Crippen LogP contribution in [0, 0.1) is 0 Å². The topological polar surface area (TPSA) is 83.6 Å². The van der Waals surface area contributed by atoms with Crippen LogP contribution >= 0.6 is 0 Å².